The number of aryl methyl sites for hydroxylation is 1. The van der Waals surface area contributed by atoms with Crippen LogP contribution in [0, 0.1) is 5.92 Å². The summed E-state index contributed by atoms with van der Waals surface area (Å²) in [6.07, 6.45) is 1.97. The van der Waals surface area contributed by atoms with E-state index in [0.717, 1.165) is 43.4 Å². The minimum atomic E-state index is 0.627. The molecule has 0 aromatic carbocycles. The Labute approximate surface area is 111 Å². The number of hydrogen-bond donors (Lipinski definition) is 1. The van der Waals surface area contributed by atoms with Gasteiger partial charge in [0.25, 0.3) is 0 Å². The van der Waals surface area contributed by atoms with Gasteiger partial charge in [-0.1, -0.05) is 27.7 Å². The van der Waals surface area contributed by atoms with Crippen molar-refractivity contribution in [3.05, 3.63) is 11.9 Å². The lowest BCUT2D eigenvalue weighted by molar-refractivity contribution is 0.633. The summed E-state index contributed by atoms with van der Waals surface area (Å²) in [5.41, 5.74) is 0. The van der Waals surface area contributed by atoms with Crippen molar-refractivity contribution in [2.24, 2.45) is 5.92 Å². The number of anilines is 2. The average molecular weight is 250 g/mol. The third-order valence-electron chi connectivity index (χ3n) is 2.66. The van der Waals surface area contributed by atoms with Crippen LogP contribution < -0.4 is 10.2 Å². The fraction of sp³-hybridized carbons (Fsp3) is 0.714. The molecule has 18 heavy (non-hydrogen) atoms. The van der Waals surface area contributed by atoms with Gasteiger partial charge in [0.15, 0.2) is 0 Å². The first-order chi connectivity index (χ1) is 8.56. The molecular formula is C14H26N4. The van der Waals surface area contributed by atoms with Crippen LogP contribution in [0.5, 0.6) is 0 Å². The summed E-state index contributed by atoms with van der Waals surface area (Å²) in [6.45, 7) is 10.6. The van der Waals surface area contributed by atoms with Gasteiger partial charge in [0.2, 0.25) is 0 Å². The van der Waals surface area contributed by atoms with Crippen molar-refractivity contribution < 1.29 is 0 Å². The van der Waals surface area contributed by atoms with Crippen LogP contribution in [-0.2, 0) is 6.42 Å². The Hall–Kier alpha value is -1.32. The Bertz CT molecular complexity index is 363. The molecule has 0 aliphatic heterocycles. The van der Waals surface area contributed by atoms with Crippen molar-refractivity contribution in [2.45, 2.75) is 40.5 Å². The van der Waals surface area contributed by atoms with Gasteiger partial charge in [-0.15, -0.1) is 0 Å². The summed E-state index contributed by atoms with van der Waals surface area (Å²) < 4.78 is 0. The summed E-state index contributed by atoms with van der Waals surface area (Å²) >= 11 is 0. The Balaban J connectivity index is 2.88. The molecule has 0 spiro atoms. The largest absolute Gasteiger partial charge is 0.370 e. The van der Waals surface area contributed by atoms with Gasteiger partial charge in [0.05, 0.1) is 0 Å². The first-order valence-electron chi connectivity index (χ1n) is 6.89. The smallest absolute Gasteiger partial charge is 0.134 e. The number of nitrogens with zero attached hydrogens (tertiary/aromatic N) is 3. The predicted octanol–water partition coefficient (Wildman–Crippen LogP) is 2.95. The van der Waals surface area contributed by atoms with Gasteiger partial charge in [-0.05, 0) is 12.3 Å². The summed E-state index contributed by atoms with van der Waals surface area (Å²) in [4.78, 5) is 11.3. The molecule has 0 atom stereocenters. The molecule has 0 saturated carbocycles. The van der Waals surface area contributed by atoms with Crippen molar-refractivity contribution >= 4 is 11.6 Å². The van der Waals surface area contributed by atoms with E-state index in [0.29, 0.717) is 5.92 Å². The zero-order valence-corrected chi connectivity index (χ0v) is 12.3. The maximum Gasteiger partial charge on any atom is 0.134 e. The fourth-order valence-electron chi connectivity index (χ4n) is 1.82. The Morgan fingerprint density at radius 3 is 2.56 bits per heavy atom. The summed E-state index contributed by atoms with van der Waals surface area (Å²) in [5.74, 6) is 3.48. The number of rotatable bonds is 7. The van der Waals surface area contributed by atoms with Gasteiger partial charge in [-0.25, -0.2) is 9.97 Å². The molecule has 1 N–H and O–H groups in total. The molecule has 1 aromatic rings. The highest BCUT2D eigenvalue weighted by Gasteiger charge is 2.08. The van der Waals surface area contributed by atoms with Gasteiger partial charge < -0.3 is 10.2 Å². The lowest BCUT2D eigenvalue weighted by atomic mass is 10.2. The molecule has 1 heterocycles. The van der Waals surface area contributed by atoms with Crippen LogP contribution in [0.3, 0.4) is 0 Å². The average Bonchev–Trinajstić information content (AvgIpc) is 2.35. The highest BCUT2D eigenvalue weighted by Crippen LogP contribution is 2.16. The van der Waals surface area contributed by atoms with Crippen LogP contribution in [-0.4, -0.2) is 30.1 Å². The minimum absolute atomic E-state index is 0.627. The first-order valence-corrected chi connectivity index (χ1v) is 6.89. The summed E-state index contributed by atoms with van der Waals surface area (Å²) in [7, 11) is 2.09. The van der Waals surface area contributed by atoms with Gasteiger partial charge in [0.1, 0.15) is 17.5 Å². The molecule has 1 aromatic heterocycles. The lowest BCUT2D eigenvalue weighted by Gasteiger charge is -2.21. The lowest BCUT2D eigenvalue weighted by Crippen LogP contribution is -2.24. The van der Waals surface area contributed by atoms with Crippen LogP contribution in [0.2, 0.25) is 0 Å². The molecule has 0 aliphatic carbocycles. The molecule has 0 bridgehead atoms. The molecule has 1 rings (SSSR count). The second-order valence-electron chi connectivity index (χ2n) is 5.08. The number of nitrogens with one attached hydrogen (secondary N) is 1. The highest BCUT2D eigenvalue weighted by atomic mass is 15.2. The van der Waals surface area contributed by atoms with Gasteiger partial charge >= 0.3 is 0 Å². The monoisotopic (exact) mass is 250 g/mol. The molecule has 0 radical (unpaired) electrons. The second-order valence-corrected chi connectivity index (χ2v) is 5.08. The fourth-order valence-corrected chi connectivity index (χ4v) is 1.82. The van der Waals surface area contributed by atoms with Gasteiger partial charge in [0, 0.05) is 32.6 Å². The predicted molar refractivity (Wildman–Crippen MR) is 78.3 cm³/mol. The zero-order valence-electron chi connectivity index (χ0n) is 12.3. The Kier molecular flexibility index (Phi) is 5.89. The van der Waals surface area contributed by atoms with E-state index in [1.165, 1.54) is 0 Å². The first kappa shape index (κ1) is 14.7. The van der Waals surface area contributed by atoms with Crippen LogP contribution in [0.15, 0.2) is 6.07 Å². The van der Waals surface area contributed by atoms with E-state index in [4.69, 9.17) is 0 Å². The van der Waals surface area contributed by atoms with Crippen LogP contribution in [0.25, 0.3) is 0 Å². The van der Waals surface area contributed by atoms with E-state index >= 15 is 0 Å². The standard InChI is InChI=1S/C14H26N4/c1-6-8-15-13-9-14(17-12(7-2)16-13)18(5)10-11(3)4/h9,11H,6-8,10H2,1-5H3,(H,15,16,17). The molecule has 0 saturated heterocycles. The van der Waals surface area contributed by atoms with E-state index in [1.54, 1.807) is 0 Å². The quantitative estimate of drug-likeness (QED) is 0.808. The molecule has 4 nitrogen and oxygen atoms in total. The third-order valence-corrected chi connectivity index (χ3v) is 2.66. The van der Waals surface area contributed by atoms with Gasteiger partial charge in [-0.3, -0.25) is 0 Å². The molecule has 4 heteroatoms. The SMILES string of the molecule is CCCNc1cc(N(C)CC(C)C)nc(CC)n1. The summed E-state index contributed by atoms with van der Waals surface area (Å²) in [5, 5.41) is 3.34. The van der Waals surface area contributed by atoms with Crippen molar-refractivity contribution in [2.75, 3.05) is 30.4 Å². The van der Waals surface area contributed by atoms with E-state index < -0.39 is 0 Å². The number of hydrogen-bond acceptors (Lipinski definition) is 4. The highest BCUT2D eigenvalue weighted by molar-refractivity contribution is 5.49. The van der Waals surface area contributed by atoms with E-state index in [1.807, 2.05) is 6.07 Å². The van der Waals surface area contributed by atoms with Crippen LogP contribution in [0.1, 0.15) is 39.9 Å². The van der Waals surface area contributed by atoms with Crippen molar-refractivity contribution in [1.29, 1.82) is 0 Å². The normalized spacial score (nSPS) is 10.8. The zero-order chi connectivity index (χ0) is 13.5. The molecular weight excluding hydrogens is 224 g/mol. The molecule has 0 aliphatic rings. The maximum absolute atomic E-state index is 4.59. The molecule has 102 valence electrons. The topological polar surface area (TPSA) is 41.0 Å². The number of aromatic nitrogens is 2. The second kappa shape index (κ2) is 7.19. The molecule has 0 amide bonds. The van der Waals surface area contributed by atoms with E-state index in [-0.39, 0.29) is 0 Å². The summed E-state index contributed by atoms with van der Waals surface area (Å²) in [6, 6.07) is 2.04. The van der Waals surface area contributed by atoms with Crippen molar-refractivity contribution in [1.82, 2.24) is 9.97 Å². The third kappa shape index (κ3) is 4.51. The maximum atomic E-state index is 4.59. The van der Waals surface area contributed by atoms with E-state index in [9.17, 15) is 0 Å². The Morgan fingerprint density at radius 1 is 1.28 bits per heavy atom. The van der Waals surface area contributed by atoms with E-state index in [2.05, 4.69) is 54.9 Å². The molecule has 0 fully saturated rings. The van der Waals surface area contributed by atoms with Crippen LogP contribution >= 0.6 is 0 Å². The Morgan fingerprint density at radius 2 is 2.00 bits per heavy atom. The minimum Gasteiger partial charge on any atom is -0.370 e. The van der Waals surface area contributed by atoms with Crippen molar-refractivity contribution in [3.8, 4) is 0 Å². The van der Waals surface area contributed by atoms with Crippen LogP contribution in [0.4, 0.5) is 11.6 Å². The van der Waals surface area contributed by atoms with Crippen molar-refractivity contribution in [3.63, 3.8) is 0 Å². The molecule has 0 unspecified atom stereocenters. The van der Waals surface area contributed by atoms with Gasteiger partial charge in [-0.2, -0.15) is 0 Å².